The van der Waals surface area contributed by atoms with Crippen molar-refractivity contribution in [1.82, 2.24) is 14.6 Å². The summed E-state index contributed by atoms with van der Waals surface area (Å²) < 4.78 is 15.6. The summed E-state index contributed by atoms with van der Waals surface area (Å²) in [6, 6.07) is 9.82. The molecule has 1 saturated heterocycles. The maximum Gasteiger partial charge on any atom is 0.193 e. The number of rotatable bonds is 9. The molecule has 1 aliphatic carbocycles. The summed E-state index contributed by atoms with van der Waals surface area (Å²) in [6.45, 7) is 7.09. The van der Waals surface area contributed by atoms with Crippen LogP contribution < -0.4 is 10.6 Å². The van der Waals surface area contributed by atoms with Crippen LogP contribution in [0.4, 0.5) is 10.1 Å². The number of hydrogen-bond donors (Lipinski definition) is 3. The predicted octanol–water partition coefficient (Wildman–Crippen LogP) is 5.64. The Bertz CT molecular complexity index is 1270. The van der Waals surface area contributed by atoms with Gasteiger partial charge in [-0.25, -0.2) is 8.70 Å². The Hall–Kier alpha value is -3.49. The molecule has 3 N–H and O–H groups in total. The Kier molecular flexibility index (Phi) is 7.86. The molecule has 1 unspecified atom stereocenters. The molecule has 4 rings (SSSR count). The summed E-state index contributed by atoms with van der Waals surface area (Å²) in [6.07, 6.45) is 9.71. The van der Waals surface area contributed by atoms with E-state index >= 15 is 0 Å². The molecule has 6 nitrogen and oxygen atoms in total. The summed E-state index contributed by atoms with van der Waals surface area (Å²) >= 11 is 1.56. The molecule has 1 aromatic carbocycles. The number of fused-ring (bicyclic) bond motifs is 1. The largest absolute Gasteiger partial charge is 0.393 e. The summed E-state index contributed by atoms with van der Waals surface area (Å²) in [5.41, 5.74) is 3.77. The van der Waals surface area contributed by atoms with Gasteiger partial charge < -0.3 is 16.0 Å². The normalized spacial score (nSPS) is 20.3. The van der Waals surface area contributed by atoms with Crippen molar-refractivity contribution in [3.05, 3.63) is 106 Å². The van der Waals surface area contributed by atoms with Crippen molar-refractivity contribution < 1.29 is 9.18 Å². The van der Waals surface area contributed by atoms with Crippen LogP contribution in [0, 0.1) is 23.6 Å². The van der Waals surface area contributed by atoms with Crippen LogP contribution in [0.1, 0.15) is 28.9 Å². The molecular formula is C28H30FN5OS. The molecular weight excluding hydrogens is 473 g/mol. The highest BCUT2D eigenvalue weighted by Crippen LogP contribution is 2.48. The summed E-state index contributed by atoms with van der Waals surface area (Å²) in [7, 11) is 1.84. The van der Waals surface area contributed by atoms with Crippen LogP contribution in [0.2, 0.25) is 0 Å². The fraction of sp³-hybridized carbons (Fsp3) is 0.250. The van der Waals surface area contributed by atoms with Crippen LogP contribution in [-0.2, 0) is 0 Å². The minimum Gasteiger partial charge on any atom is -0.393 e. The van der Waals surface area contributed by atoms with Crippen molar-refractivity contribution in [2.45, 2.75) is 19.8 Å². The minimum absolute atomic E-state index is 0.0410. The number of anilines is 1. The number of nitrogens with one attached hydrogen (secondary N) is 3. The molecule has 2 heterocycles. The van der Waals surface area contributed by atoms with E-state index in [1.54, 1.807) is 36.4 Å². The van der Waals surface area contributed by atoms with Gasteiger partial charge in [-0.05, 0) is 85.3 Å². The second kappa shape index (κ2) is 11.1. The van der Waals surface area contributed by atoms with Crippen LogP contribution in [0.3, 0.4) is 0 Å². The van der Waals surface area contributed by atoms with Gasteiger partial charge in [0.25, 0.3) is 0 Å². The van der Waals surface area contributed by atoms with E-state index in [1.165, 1.54) is 18.3 Å². The summed E-state index contributed by atoms with van der Waals surface area (Å²) in [4.78, 5) is 19.5. The molecule has 1 aliphatic heterocycles. The first-order chi connectivity index (χ1) is 17.4. The van der Waals surface area contributed by atoms with Crippen LogP contribution >= 0.6 is 11.9 Å². The number of allylic oxidation sites excluding steroid dienone is 3. The molecule has 0 saturated carbocycles. The van der Waals surface area contributed by atoms with Gasteiger partial charge in [-0.2, -0.15) is 0 Å². The second-order valence-corrected chi connectivity index (χ2v) is 10.1. The Morgan fingerprint density at radius 1 is 1.31 bits per heavy atom. The fourth-order valence-corrected chi connectivity index (χ4v) is 5.67. The highest BCUT2D eigenvalue weighted by molar-refractivity contribution is 8.01. The highest BCUT2D eigenvalue weighted by atomic mass is 32.2. The van der Waals surface area contributed by atoms with Crippen molar-refractivity contribution >= 4 is 29.6 Å². The van der Waals surface area contributed by atoms with Gasteiger partial charge in [0, 0.05) is 55.0 Å². The van der Waals surface area contributed by atoms with Gasteiger partial charge >= 0.3 is 0 Å². The van der Waals surface area contributed by atoms with Crippen molar-refractivity contribution in [3.63, 3.8) is 0 Å². The van der Waals surface area contributed by atoms with Gasteiger partial charge in [-0.3, -0.25) is 9.78 Å². The van der Waals surface area contributed by atoms with Crippen molar-refractivity contribution in [2.75, 3.05) is 25.5 Å². The molecule has 0 radical (unpaired) electrons. The number of carbonyl (C=O) groups excluding carboxylic acids is 1. The number of carbonyl (C=O) groups is 1. The third-order valence-corrected chi connectivity index (χ3v) is 7.52. The van der Waals surface area contributed by atoms with E-state index in [1.807, 2.05) is 38.4 Å². The monoisotopic (exact) mass is 503 g/mol. The van der Waals surface area contributed by atoms with Crippen molar-refractivity contribution in [2.24, 2.45) is 5.41 Å². The van der Waals surface area contributed by atoms with Gasteiger partial charge in [-0.15, -0.1) is 0 Å². The van der Waals surface area contributed by atoms with Gasteiger partial charge in [0.05, 0.1) is 5.41 Å². The number of nitrogens with zero attached hydrogens (tertiary/aromatic N) is 2. The molecule has 36 heavy (non-hydrogen) atoms. The molecule has 0 amide bonds. The third-order valence-electron chi connectivity index (χ3n) is 6.45. The van der Waals surface area contributed by atoms with E-state index < -0.39 is 5.41 Å². The molecule has 1 aromatic heterocycles. The lowest BCUT2D eigenvalue weighted by atomic mass is 9.65. The van der Waals surface area contributed by atoms with E-state index in [0.717, 1.165) is 34.0 Å². The van der Waals surface area contributed by atoms with E-state index in [4.69, 9.17) is 5.41 Å². The Morgan fingerprint density at radius 2 is 2.08 bits per heavy atom. The number of halogens is 1. The molecule has 2 aromatic rings. The maximum atomic E-state index is 14.2. The van der Waals surface area contributed by atoms with E-state index in [-0.39, 0.29) is 11.6 Å². The van der Waals surface area contributed by atoms with E-state index in [2.05, 4.69) is 26.5 Å². The number of pyridine rings is 1. The number of aryl methyl sites for hydroxylation is 1. The Balaban J connectivity index is 1.73. The fourth-order valence-electron chi connectivity index (χ4n) is 4.66. The lowest BCUT2D eigenvalue weighted by Gasteiger charge is -2.45. The number of Topliss-reactive ketones (excluding diaryl/α,β-unsaturated/α-hetero) is 1. The zero-order chi connectivity index (χ0) is 25.7. The first kappa shape index (κ1) is 25.6. The predicted molar refractivity (Wildman–Crippen MR) is 145 cm³/mol. The van der Waals surface area contributed by atoms with Crippen molar-refractivity contribution in [3.8, 4) is 0 Å². The van der Waals surface area contributed by atoms with Crippen molar-refractivity contribution in [1.29, 1.82) is 5.41 Å². The van der Waals surface area contributed by atoms with Crippen LogP contribution in [0.15, 0.2) is 89.3 Å². The van der Waals surface area contributed by atoms with Crippen LogP contribution in [0.25, 0.3) is 0 Å². The second-order valence-electron chi connectivity index (χ2n) is 8.94. The number of benzene rings is 1. The molecule has 1 atom stereocenters. The first-order valence-corrected chi connectivity index (χ1v) is 12.5. The lowest BCUT2D eigenvalue weighted by molar-refractivity contribution is 0.0775. The Labute approximate surface area is 215 Å². The average molecular weight is 504 g/mol. The number of aromatic nitrogens is 1. The topological polar surface area (TPSA) is 81.1 Å². The van der Waals surface area contributed by atoms with E-state index in [0.29, 0.717) is 30.7 Å². The zero-order valence-electron chi connectivity index (χ0n) is 20.5. The van der Waals surface area contributed by atoms with Gasteiger partial charge in [0.1, 0.15) is 11.5 Å². The maximum absolute atomic E-state index is 14.2. The number of ketones is 1. The summed E-state index contributed by atoms with van der Waals surface area (Å²) in [5, 5.41) is 14.5. The smallest absolute Gasteiger partial charge is 0.193 e. The molecule has 1 fully saturated rings. The standard InChI is InChI=1S/C28H30FN5OS/c1-4-24(17-31-3)36-34-12-10-21-14-25(33-23-7-5-22(29)6-8-23)20(16-30)15-28(21,18-34)27(35)26-13-19(2)9-11-32-26/h4-9,11,13-14,16-17,30-31,33H,1,10,12,15,18H2,2-3H3/b24-17+,30-16?. The first-order valence-electron chi connectivity index (χ1n) is 11.8. The molecule has 2 aliphatic rings. The molecule has 186 valence electrons. The van der Waals surface area contributed by atoms with Gasteiger partial charge in [0.2, 0.25) is 0 Å². The number of hydrogen-bond acceptors (Lipinski definition) is 7. The highest BCUT2D eigenvalue weighted by Gasteiger charge is 2.49. The quantitative estimate of drug-likeness (QED) is 0.178. The zero-order valence-corrected chi connectivity index (χ0v) is 21.3. The average Bonchev–Trinajstić information content (AvgIpc) is 2.89. The Morgan fingerprint density at radius 3 is 2.75 bits per heavy atom. The van der Waals surface area contributed by atoms with Crippen LogP contribution in [-0.4, -0.2) is 41.4 Å². The molecule has 8 heteroatoms. The SMILES string of the molecule is C=C/C(=C\NC)SN1CCC2=CC(Nc3ccc(F)cc3)=C(C=N)CC2(C(=O)c2cc(C)ccn2)C1. The molecule has 0 bridgehead atoms. The van der Waals surface area contributed by atoms with E-state index in [9.17, 15) is 9.18 Å². The third kappa shape index (κ3) is 5.34. The number of piperidine rings is 1. The minimum atomic E-state index is -0.848. The van der Waals surface area contributed by atoms with Gasteiger partial charge in [0.15, 0.2) is 5.78 Å². The van der Waals surface area contributed by atoms with Gasteiger partial charge in [-0.1, -0.05) is 18.2 Å². The molecule has 0 spiro atoms. The lowest BCUT2D eigenvalue weighted by Crippen LogP contribution is -2.49. The van der Waals surface area contributed by atoms with Crippen LogP contribution in [0.5, 0.6) is 0 Å². The summed E-state index contributed by atoms with van der Waals surface area (Å²) in [5.74, 6) is -0.351.